The first-order valence-electron chi connectivity index (χ1n) is 22.3. The molecule has 4 heterocycles. The molecule has 0 saturated heterocycles. The van der Waals surface area contributed by atoms with E-state index in [-0.39, 0.29) is 0 Å². The van der Waals surface area contributed by atoms with Crippen molar-refractivity contribution in [1.82, 2.24) is 14.5 Å². The van der Waals surface area contributed by atoms with Gasteiger partial charge < -0.3 is 9.30 Å². The Balaban J connectivity index is 1.04. The Bertz CT molecular complexity index is 3660. The minimum Gasteiger partial charge on any atom is -0.456 e. The van der Waals surface area contributed by atoms with Crippen molar-refractivity contribution in [2.24, 2.45) is 0 Å². The summed E-state index contributed by atoms with van der Waals surface area (Å²) >= 11 is 0. The average molecular weight is 832 g/mol. The van der Waals surface area contributed by atoms with Crippen LogP contribution in [0, 0.1) is 13.8 Å². The highest BCUT2D eigenvalue weighted by Crippen LogP contribution is 2.61. The number of hydrogen-bond donors (Lipinski definition) is 0. The molecule has 306 valence electrons. The van der Waals surface area contributed by atoms with Gasteiger partial charge in [0, 0.05) is 44.2 Å². The molecule has 1 spiro atoms. The highest BCUT2D eigenvalue weighted by atomic mass is 16.5. The van der Waals surface area contributed by atoms with Gasteiger partial charge in [-0.15, -0.1) is 0 Å². The fraction of sp³-hybridized carbons (Fsp3) is 0.0492. The lowest BCUT2D eigenvalue weighted by Gasteiger charge is -2.45. The van der Waals surface area contributed by atoms with Crippen molar-refractivity contribution in [2.75, 3.05) is 0 Å². The molecule has 0 radical (unpaired) electrons. The van der Waals surface area contributed by atoms with Gasteiger partial charge in [-0.25, -0.2) is 9.97 Å². The fourth-order valence-corrected chi connectivity index (χ4v) is 10.9. The van der Waals surface area contributed by atoms with Crippen molar-refractivity contribution in [3.63, 3.8) is 0 Å². The molecule has 2 aromatic heterocycles. The minimum atomic E-state index is -0.658. The lowest BCUT2D eigenvalue weighted by molar-refractivity contribution is 0.435. The molecule has 11 aromatic rings. The van der Waals surface area contributed by atoms with E-state index < -0.39 is 5.41 Å². The van der Waals surface area contributed by atoms with Gasteiger partial charge in [0.2, 0.25) is 0 Å². The summed E-state index contributed by atoms with van der Waals surface area (Å²) in [5, 5.41) is 2.50. The summed E-state index contributed by atoms with van der Waals surface area (Å²) in [5.41, 5.74) is 19.3. The third kappa shape index (κ3) is 5.44. The Kier molecular flexibility index (Phi) is 8.22. The number of aryl methyl sites for hydroxylation is 2. The summed E-state index contributed by atoms with van der Waals surface area (Å²) in [4.78, 5) is 10.6. The monoisotopic (exact) mass is 831 g/mol. The molecule has 1 unspecified atom stereocenters. The molecule has 0 fully saturated rings. The Hall–Kier alpha value is -8.34. The van der Waals surface area contributed by atoms with Gasteiger partial charge in [0.1, 0.15) is 11.5 Å². The molecule has 9 aromatic carbocycles. The smallest absolute Gasteiger partial charge is 0.161 e. The lowest BCUT2D eigenvalue weighted by Crippen LogP contribution is -2.37. The standard InChI is InChI=1S/C61H41N3O/c1-38-34-35-42(36-47(38)57-39(2)18-15-26-46(57)60-62-52(40-19-5-3-6-20-40)37-53(63-60)41-21-7-4-8-22-41)43-24-16-30-51-59(43)65-56-33-14-11-28-49(56)61(51)48-27-10-13-32-55(48)64-54-31-12-9-23-44(54)45-25-17-29-50(61)58(45)64/h3-37H,1-2H3. The van der Waals surface area contributed by atoms with Crippen molar-refractivity contribution < 1.29 is 4.74 Å². The molecule has 0 N–H and O–H groups in total. The van der Waals surface area contributed by atoms with Crippen molar-refractivity contribution in [3.05, 3.63) is 246 Å². The summed E-state index contributed by atoms with van der Waals surface area (Å²) in [6.07, 6.45) is 0. The van der Waals surface area contributed by atoms with E-state index in [9.17, 15) is 0 Å². The number of rotatable bonds is 5. The predicted molar refractivity (Wildman–Crippen MR) is 265 cm³/mol. The maximum absolute atomic E-state index is 7.22. The van der Waals surface area contributed by atoms with Gasteiger partial charge in [0.15, 0.2) is 5.82 Å². The topological polar surface area (TPSA) is 39.9 Å². The average Bonchev–Trinajstić information content (AvgIpc) is 3.71. The zero-order valence-corrected chi connectivity index (χ0v) is 36.0. The van der Waals surface area contributed by atoms with Crippen LogP contribution in [0.5, 0.6) is 11.5 Å². The summed E-state index contributed by atoms with van der Waals surface area (Å²) in [6.45, 7) is 4.39. The summed E-state index contributed by atoms with van der Waals surface area (Å²) < 4.78 is 9.71. The van der Waals surface area contributed by atoms with Crippen molar-refractivity contribution in [3.8, 4) is 73.3 Å². The van der Waals surface area contributed by atoms with Crippen molar-refractivity contribution in [1.29, 1.82) is 0 Å². The first-order chi connectivity index (χ1) is 32.1. The largest absolute Gasteiger partial charge is 0.456 e. The van der Waals surface area contributed by atoms with Gasteiger partial charge in [-0.05, 0) is 83.1 Å². The summed E-state index contributed by atoms with van der Waals surface area (Å²) in [5.74, 6) is 2.42. The Morgan fingerprint density at radius 2 is 1.05 bits per heavy atom. The Morgan fingerprint density at radius 3 is 1.85 bits per heavy atom. The van der Waals surface area contributed by atoms with E-state index in [4.69, 9.17) is 14.7 Å². The molecule has 4 nitrogen and oxygen atoms in total. The number of hydrogen-bond acceptors (Lipinski definition) is 3. The molecule has 65 heavy (non-hydrogen) atoms. The van der Waals surface area contributed by atoms with Gasteiger partial charge in [-0.1, -0.05) is 182 Å². The Morgan fingerprint density at radius 1 is 0.431 bits per heavy atom. The highest BCUT2D eigenvalue weighted by Gasteiger charge is 2.50. The SMILES string of the molecule is Cc1ccc(-c2cccc3c2Oc2ccccc2C32c3ccccc3-n3c4ccccc4c4cccc2c43)cc1-c1c(C)cccc1-c1nc(-c2ccccc2)cc(-c2ccccc2)n1. The quantitative estimate of drug-likeness (QED) is 0.173. The molecule has 2 aliphatic heterocycles. The number of aromatic nitrogens is 3. The fourth-order valence-electron chi connectivity index (χ4n) is 10.9. The first kappa shape index (κ1) is 37.2. The molecule has 13 rings (SSSR count). The molecule has 0 aliphatic carbocycles. The Labute approximate surface area is 377 Å². The van der Waals surface area contributed by atoms with Crippen molar-refractivity contribution in [2.45, 2.75) is 19.3 Å². The van der Waals surface area contributed by atoms with E-state index in [1.165, 1.54) is 44.2 Å². The summed E-state index contributed by atoms with van der Waals surface area (Å²) in [6, 6.07) is 76.2. The second kappa shape index (κ2) is 14.3. The van der Waals surface area contributed by atoms with Crippen LogP contribution in [0.3, 0.4) is 0 Å². The molecule has 0 saturated carbocycles. The van der Waals surface area contributed by atoms with Crippen LogP contribution in [0.1, 0.15) is 33.4 Å². The number of nitrogens with zero attached hydrogens (tertiary/aromatic N) is 3. The van der Waals surface area contributed by atoms with Crippen LogP contribution < -0.4 is 4.74 Å². The van der Waals surface area contributed by atoms with Crippen LogP contribution in [-0.4, -0.2) is 14.5 Å². The number of ether oxygens (including phenoxy) is 1. The number of benzene rings is 9. The van der Waals surface area contributed by atoms with E-state index in [0.29, 0.717) is 5.82 Å². The second-order valence-electron chi connectivity index (χ2n) is 17.3. The molecule has 0 amide bonds. The van der Waals surface area contributed by atoms with E-state index >= 15 is 0 Å². The maximum atomic E-state index is 7.22. The zero-order valence-electron chi connectivity index (χ0n) is 36.0. The van der Waals surface area contributed by atoms with Crippen molar-refractivity contribution >= 4 is 21.8 Å². The molecule has 1 atom stereocenters. The van der Waals surface area contributed by atoms with Crippen LogP contribution in [0.15, 0.2) is 212 Å². The highest BCUT2D eigenvalue weighted by molar-refractivity contribution is 6.12. The van der Waals surface area contributed by atoms with Crippen LogP contribution >= 0.6 is 0 Å². The predicted octanol–water partition coefficient (Wildman–Crippen LogP) is 15.3. The lowest BCUT2D eigenvalue weighted by atomic mass is 9.61. The van der Waals surface area contributed by atoms with Gasteiger partial charge >= 0.3 is 0 Å². The van der Waals surface area contributed by atoms with E-state index in [1.54, 1.807) is 0 Å². The molecular formula is C61H41N3O. The maximum Gasteiger partial charge on any atom is 0.161 e. The number of fused-ring (bicyclic) bond motifs is 11. The van der Waals surface area contributed by atoms with Gasteiger partial charge in [-0.2, -0.15) is 0 Å². The third-order valence-electron chi connectivity index (χ3n) is 13.8. The first-order valence-corrected chi connectivity index (χ1v) is 22.3. The van der Waals surface area contributed by atoms with E-state index in [0.717, 1.165) is 78.5 Å². The van der Waals surface area contributed by atoms with Gasteiger partial charge in [0.25, 0.3) is 0 Å². The minimum absolute atomic E-state index is 0.658. The van der Waals surface area contributed by atoms with E-state index in [2.05, 4.69) is 219 Å². The molecule has 4 heteroatoms. The molecule has 2 aliphatic rings. The van der Waals surface area contributed by atoms with E-state index in [1.807, 2.05) is 12.1 Å². The van der Waals surface area contributed by atoms with Crippen LogP contribution in [0.4, 0.5) is 0 Å². The normalized spacial score (nSPS) is 14.5. The van der Waals surface area contributed by atoms with Crippen LogP contribution in [0.25, 0.3) is 83.6 Å². The third-order valence-corrected chi connectivity index (χ3v) is 13.8. The van der Waals surface area contributed by atoms with Gasteiger partial charge in [-0.3, -0.25) is 0 Å². The van der Waals surface area contributed by atoms with Gasteiger partial charge in [0.05, 0.1) is 33.5 Å². The molecule has 0 bridgehead atoms. The second-order valence-corrected chi connectivity index (χ2v) is 17.3. The summed E-state index contributed by atoms with van der Waals surface area (Å²) in [7, 11) is 0. The van der Waals surface area contributed by atoms with Crippen LogP contribution in [-0.2, 0) is 5.41 Å². The molecular weight excluding hydrogens is 791 g/mol. The zero-order chi connectivity index (χ0) is 43.2. The number of para-hydroxylation sites is 5. The van der Waals surface area contributed by atoms with Crippen LogP contribution in [0.2, 0.25) is 0 Å².